The van der Waals surface area contributed by atoms with Gasteiger partial charge in [-0.25, -0.2) is 0 Å². The SMILES string of the molecule is [CH2]CCCCCCCCCCCCCCCCCCCCCCCCCCCC[CH2]. The maximum Gasteiger partial charge on any atom is -0.0533 e. The summed E-state index contributed by atoms with van der Waals surface area (Å²) in [7, 11) is 0. The van der Waals surface area contributed by atoms with Gasteiger partial charge in [-0.05, 0) is 0 Å². The molecule has 0 atom stereocenters. The monoisotopic (exact) mass is 420 g/mol. The molecule has 0 heteroatoms. The predicted molar refractivity (Wildman–Crippen MR) is 140 cm³/mol. The largest absolute Gasteiger partial charge is 0.0533 e. The Hall–Kier alpha value is 0. The Balaban J connectivity index is 2.97. The molecule has 0 aliphatic carbocycles. The van der Waals surface area contributed by atoms with E-state index in [2.05, 4.69) is 13.8 Å². The zero-order valence-electron chi connectivity index (χ0n) is 21.2. The Morgan fingerprint density at radius 1 is 0.167 bits per heavy atom. The van der Waals surface area contributed by atoms with Gasteiger partial charge in [-0.2, -0.15) is 0 Å². The van der Waals surface area contributed by atoms with Gasteiger partial charge in [0.2, 0.25) is 0 Å². The van der Waals surface area contributed by atoms with Crippen LogP contribution in [0.15, 0.2) is 0 Å². The summed E-state index contributed by atoms with van der Waals surface area (Å²) < 4.78 is 0. The molecule has 0 amide bonds. The predicted octanol–water partition coefficient (Wildman–Crippen LogP) is 11.6. The lowest BCUT2D eigenvalue weighted by molar-refractivity contribution is 0.515. The molecular formula is C30H60. The molecular weight excluding hydrogens is 360 g/mol. The first kappa shape index (κ1) is 30.0. The fourth-order valence-electron chi connectivity index (χ4n) is 4.60. The lowest BCUT2D eigenvalue weighted by Gasteiger charge is -2.04. The number of hydrogen-bond acceptors (Lipinski definition) is 0. The molecule has 0 unspecified atom stereocenters. The van der Waals surface area contributed by atoms with Crippen LogP contribution in [0, 0.1) is 13.8 Å². The van der Waals surface area contributed by atoms with Crippen LogP contribution in [0.1, 0.15) is 180 Å². The van der Waals surface area contributed by atoms with Crippen LogP contribution in [-0.4, -0.2) is 0 Å². The molecule has 0 aromatic carbocycles. The first-order valence-electron chi connectivity index (χ1n) is 14.5. The van der Waals surface area contributed by atoms with Gasteiger partial charge in [0.25, 0.3) is 0 Å². The van der Waals surface area contributed by atoms with E-state index >= 15 is 0 Å². The summed E-state index contributed by atoms with van der Waals surface area (Å²) in [5, 5.41) is 0. The standard InChI is InChI=1S/C30H60/c1-3-5-7-9-11-13-15-17-19-21-23-25-27-29-30-28-26-24-22-20-18-16-14-12-10-8-6-4-2/h1-30H2. The molecule has 0 bridgehead atoms. The van der Waals surface area contributed by atoms with E-state index in [1.54, 1.807) is 0 Å². The normalized spacial score (nSPS) is 11.4. The molecule has 180 valence electrons. The van der Waals surface area contributed by atoms with Crippen LogP contribution in [0.4, 0.5) is 0 Å². The van der Waals surface area contributed by atoms with Crippen molar-refractivity contribution < 1.29 is 0 Å². The van der Waals surface area contributed by atoms with Gasteiger partial charge in [-0.15, -0.1) is 0 Å². The lowest BCUT2D eigenvalue weighted by Crippen LogP contribution is -1.84. The van der Waals surface area contributed by atoms with Crippen LogP contribution in [0.2, 0.25) is 0 Å². The Morgan fingerprint density at radius 2 is 0.267 bits per heavy atom. The van der Waals surface area contributed by atoms with Crippen molar-refractivity contribution in [1.29, 1.82) is 0 Å². The van der Waals surface area contributed by atoms with Crippen molar-refractivity contribution >= 4 is 0 Å². The zero-order chi connectivity index (χ0) is 21.8. The van der Waals surface area contributed by atoms with Gasteiger partial charge in [0.1, 0.15) is 0 Å². The van der Waals surface area contributed by atoms with Crippen LogP contribution >= 0.6 is 0 Å². The van der Waals surface area contributed by atoms with Gasteiger partial charge in [0, 0.05) is 0 Å². The number of unbranched alkanes of at least 4 members (excludes halogenated alkanes) is 27. The van der Waals surface area contributed by atoms with E-state index in [-0.39, 0.29) is 0 Å². The third-order valence-corrected chi connectivity index (χ3v) is 6.75. The van der Waals surface area contributed by atoms with Crippen molar-refractivity contribution in [3.63, 3.8) is 0 Å². The summed E-state index contributed by atoms with van der Waals surface area (Å²) in [4.78, 5) is 0. The molecule has 0 aliphatic heterocycles. The maximum absolute atomic E-state index is 3.92. The van der Waals surface area contributed by atoms with Gasteiger partial charge in [0.15, 0.2) is 0 Å². The van der Waals surface area contributed by atoms with Gasteiger partial charge in [0.05, 0.1) is 0 Å². The molecule has 0 nitrogen and oxygen atoms in total. The van der Waals surface area contributed by atoms with E-state index < -0.39 is 0 Å². The molecule has 2 radical (unpaired) electrons. The van der Waals surface area contributed by atoms with Crippen molar-refractivity contribution in [2.24, 2.45) is 0 Å². The summed E-state index contributed by atoms with van der Waals surface area (Å²) >= 11 is 0. The van der Waals surface area contributed by atoms with E-state index in [1.165, 1.54) is 167 Å². The molecule has 0 heterocycles. The third-order valence-electron chi connectivity index (χ3n) is 6.75. The Morgan fingerprint density at radius 3 is 0.367 bits per heavy atom. The summed E-state index contributed by atoms with van der Waals surface area (Å²) in [6.07, 6.45) is 40.2. The Kier molecular flexibility index (Phi) is 29.0. The van der Waals surface area contributed by atoms with Crippen molar-refractivity contribution in [3.8, 4) is 0 Å². The second-order valence-electron chi connectivity index (χ2n) is 9.90. The number of hydrogen-bond donors (Lipinski definition) is 0. The first-order valence-corrected chi connectivity index (χ1v) is 14.5. The minimum atomic E-state index is 1.12. The molecule has 0 N–H and O–H groups in total. The van der Waals surface area contributed by atoms with Crippen LogP contribution in [0.5, 0.6) is 0 Å². The van der Waals surface area contributed by atoms with Crippen LogP contribution in [-0.2, 0) is 0 Å². The fraction of sp³-hybridized carbons (Fsp3) is 0.933. The van der Waals surface area contributed by atoms with E-state index in [4.69, 9.17) is 0 Å². The molecule has 0 rings (SSSR count). The zero-order valence-corrected chi connectivity index (χ0v) is 21.2. The molecule has 0 spiro atoms. The van der Waals surface area contributed by atoms with Crippen molar-refractivity contribution in [2.45, 2.75) is 180 Å². The van der Waals surface area contributed by atoms with Crippen LogP contribution in [0.25, 0.3) is 0 Å². The highest BCUT2D eigenvalue weighted by molar-refractivity contribution is 4.52. The molecule has 0 fully saturated rings. The summed E-state index contributed by atoms with van der Waals surface area (Å²) in [6, 6.07) is 0. The van der Waals surface area contributed by atoms with Crippen molar-refractivity contribution in [3.05, 3.63) is 13.8 Å². The van der Waals surface area contributed by atoms with E-state index in [1.807, 2.05) is 0 Å². The van der Waals surface area contributed by atoms with Crippen molar-refractivity contribution in [1.82, 2.24) is 0 Å². The molecule has 0 saturated heterocycles. The Bertz CT molecular complexity index is 241. The average Bonchev–Trinajstić information content (AvgIpc) is 2.76. The molecule has 0 aliphatic rings. The smallest absolute Gasteiger partial charge is 0.0533 e. The van der Waals surface area contributed by atoms with Crippen LogP contribution in [0.3, 0.4) is 0 Å². The van der Waals surface area contributed by atoms with Gasteiger partial charge < -0.3 is 0 Å². The minimum Gasteiger partial charge on any atom is -0.0533 e. The highest BCUT2D eigenvalue weighted by Crippen LogP contribution is 2.16. The van der Waals surface area contributed by atoms with E-state index in [0.29, 0.717) is 0 Å². The molecule has 0 saturated carbocycles. The minimum absolute atomic E-state index is 1.12. The number of rotatable bonds is 27. The van der Waals surface area contributed by atoms with Crippen LogP contribution < -0.4 is 0 Å². The summed E-state index contributed by atoms with van der Waals surface area (Å²) in [6.45, 7) is 7.83. The van der Waals surface area contributed by atoms with E-state index in [9.17, 15) is 0 Å². The van der Waals surface area contributed by atoms with Gasteiger partial charge in [-0.1, -0.05) is 194 Å². The summed E-state index contributed by atoms with van der Waals surface area (Å²) in [5.41, 5.74) is 0. The first-order chi connectivity index (χ1) is 14.9. The maximum atomic E-state index is 3.92. The average molecular weight is 421 g/mol. The highest BCUT2D eigenvalue weighted by atomic mass is 14.0. The highest BCUT2D eigenvalue weighted by Gasteiger charge is 1.96. The Labute approximate surface area is 193 Å². The second kappa shape index (κ2) is 29.0. The topological polar surface area (TPSA) is 0 Å². The third kappa shape index (κ3) is 28.0. The summed E-state index contributed by atoms with van der Waals surface area (Å²) in [5.74, 6) is 0. The van der Waals surface area contributed by atoms with Gasteiger partial charge >= 0.3 is 0 Å². The second-order valence-corrected chi connectivity index (χ2v) is 9.90. The fourth-order valence-corrected chi connectivity index (χ4v) is 4.60. The molecule has 0 aromatic heterocycles. The lowest BCUT2D eigenvalue weighted by atomic mass is 10.0. The van der Waals surface area contributed by atoms with E-state index in [0.717, 1.165) is 12.8 Å². The quantitative estimate of drug-likeness (QED) is 0.116. The molecule has 30 heavy (non-hydrogen) atoms. The van der Waals surface area contributed by atoms with Gasteiger partial charge in [-0.3, -0.25) is 0 Å². The molecule has 0 aromatic rings. The van der Waals surface area contributed by atoms with Crippen molar-refractivity contribution in [2.75, 3.05) is 0 Å².